The highest BCUT2D eigenvalue weighted by atomic mass is 35.5. The molecule has 0 radical (unpaired) electrons. The summed E-state index contributed by atoms with van der Waals surface area (Å²) in [7, 11) is 0. The van der Waals surface area contributed by atoms with Gasteiger partial charge in [0, 0.05) is 28.5 Å². The van der Waals surface area contributed by atoms with E-state index in [9.17, 15) is 14.4 Å². The predicted octanol–water partition coefficient (Wildman–Crippen LogP) is 4.35. The molecule has 5 rings (SSSR count). The van der Waals surface area contributed by atoms with E-state index >= 15 is 0 Å². The van der Waals surface area contributed by atoms with E-state index in [0.29, 0.717) is 17.3 Å². The molecule has 2 aromatic rings. The number of halogens is 1. The van der Waals surface area contributed by atoms with Gasteiger partial charge in [0.2, 0.25) is 17.7 Å². The summed E-state index contributed by atoms with van der Waals surface area (Å²) in [5.41, 5.74) is 3.55. The first kappa shape index (κ1) is 21.7. The van der Waals surface area contributed by atoms with Crippen molar-refractivity contribution >= 4 is 46.3 Å². The Morgan fingerprint density at radius 3 is 2.45 bits per heavy atom. The number of hydrogen-bond acceptors (Lipinski definition) is 4. The number of unbranched alkanes of at least 4 members (excludes halogenated alkanes) is 1. The first-order valence-corrected chi connectivity index (χ1v) is 11.8. The predicted molar refractivity (Wildman–Crippen MR) is 129 cm³/mol. The van der Waals surface area contributed by atoms with Crippen LogP contribution in [0.4, 0.5) is 11.4 Å². The summed E-state index contributed by atoms with van der Waals surface area (Å²) in [4.78, 5) is 44.0. The molecule has 1 N–H and O–H groups in total. The Morgan fingerprint density at radius 1 is 1.03 bits per heavy atom. The first-order valence-electron chi connectivity index (χ1n) is 11.4. The summed E-state index contributed by atoms with van der Waals surface area (Å²) in [6, 6.07) is 13.6. The zero-order chi connectivity index (χ0) is 23.3. The van der Waals surface area contributed by atoms with E-state index in [1.54, 1.807) is 24.3 Å². The van der Waals surface area contributed by atoms with Crippen LogP contribution in [0.1, 0.15) is 32.3 Å². The Labute approximate surface area is 198 Å². The van der Waals surface area contributed by atoms with Gasteiger partial charge in [-0.1, -0.05) is 49.2 Å². The molecule has 3 heterocycles. The number of rotatable bonds is 5. The lowest BCUT2D eigenvalue weighted by molar-refractivity contribution is -0.141. The summed E-state index contributed by atoms with van der Waals surface area (Å²) in [5.74, 6) is -2.00. The van der Waals surface area contributed by atoms with Gasteiger partial charge >= 0.3 is 0 Å². The monoisotopic (exact) mass is 463 g/mol. The van der Waals surface area contributed by atoms with E-state index in [2.05, 4.69) is 5.32 Å². The van der Waals surface area contributed by atoms with Crippen molar-refractivity contribution in [3.05, 3.63) is 65.2 Å². The number of fused-ring (bicyclic) bond motifs is 5. The van der Waals surface area contributed by atoms with Gasteiger partial charge in [-0.3, -0.25) is 19.3 Å². The molecule has 33 heavy (non-hydrogen) atoms. The van der Waals surface area contributed by atoms with Crippen molar-refractivity contribution < 1.29 is 14.4 Å². The maximum atomic E-state index is 13.7. The Hall–Kier alpha value is -3.12. The van der Waals surface area contributed by atoms with Crippen LogP contribution in [0.15, 0.2) is 54.6 Å². The molecule has 2 fully saturated rings. The molecule has 6 nitrogen and oxygen atoms in total. The minimum Gasteiger partial charge on any atom is -0.351 e. The van der Waals surface area contributed by atoms with Crippen LogP contribution >= 0.6 is 11.6 Å². The number of hydrogen-bond donors (Lipinski definition) is 1. The van der Waals surface area contributed by atoms with Gasteiger partial charge in [-0.25, -0.2) is 0 Å². The van der Waals surface area contributed by atoms with Crippen molar-refractivity contribution in [2.45, 2.75) is 38.8 Å². The Kier molecular flexibility index (Phi) is 5.49. The third kappa shape index (κ3) is 3.44. The first-order chi connectivity index (χ1) is 15.9. The molecule has 7 heteroatoms. The largest absolute Gasteiger partial charge is 0.351 e. The van der Waals surface area contributed by atoms with Crippen LogP contribution in [0.5, 0.6) is 0 Å². The smallest absolute Gasteiger partial charge is 0.247 e. The molecule has 0 aliphatic carbocycles. The third-order valence-electron chi connectivity index (χ3n) is 6.96. The normalized spacial score (nSPS) is 25.5. The van der Waals surface area contributed by atoms with E-state index < -0.39 is 17.9 Å². The van der Waals surface area contributed by atoms with E-state index in [-0.39, 0.29) is 23.8 Å². The zero-order valence-corrected chi connectivity index (χ0v) is 19.4. The van der Waals surface area contributed by atoms with Crippen LogP contribution in [0, 0.1) is 11.8 Å². The number of carbonyl (C=O) groups is 3. The fraction of sp³-hybridized carbons (Fsp3) is 0.346. The third-order valence-corrected chi connectivity index (χ3v) is 7.21. The average molecular weight is 464 g/mol. The summed E-state index contributed by atoms with van der Waals surface area (Å²) in [6.45, 7) is 4.45. The highest BCUT2D eigenvalue weighted by Gasteiger charge is 2.64. The number of anilines is 2. The van der Waals surface area contributed by atoms with Crippen molar-refractivity contribution in [2.75, 3.05) is 16.8 Å². The van der Waals surface area contributed by atoms with Crippen molar-refractivity contribution in [2.24, 2.45) is 11.8 Å². The molecule has 0 aromatic heterocycles. The Balaban J connectivity index is 1.57. The number of carbonyl (C=O) groups excluding carboxylic acids is 3. The molecule has 2 aromatic carbocycles. The minimum atomic E-state index is -0.788. The van der Waals surface area contributed by atoms with Crippen molar-refractivity contribution in [3.63, 3.8) is 0 Å². The molecule has 0 spiro atoms. The van der Waals surface area contributed by atoms with Crippen LogP contribution < -0.4 is 10.2 Å². The Morgan fingerprint density at radius 2 is 1.73 bits per heavy atom. The number of nitrogens with zero attached hydrogens (tertiary/aromatic N) is 2. The lowest BCUT2D eigenvalue weighted by atomic mass is 9.87. The molecule has 170 valence electrons. The summed E-state index contributed by atoms with van der Waals surface area (Å²) >= 11 is 5.99. The number of para-hydroxylation sites is 1. The molecule has 2 saturated heterocycles. The van der Waals surface area contributed by atoms with Crippen molar-refractivity contribution in [3.8, 4) is 0 Å². The van der Waals surface area contributed by atoms with Crippen LogP contribution in [-0.4, -0.2) is 41.2 Å². The molecule has 0 bridgehead atoms. The van der Waals surface area contributed by atoms with Crippen LogP contribution in [0.2, 0.25) is 5.02 Å². The zero-order valence-electron chi connectivity index (χ0n) is 18.6. The van der Waals surface area contributed by atoms with Gasteiger partial charge in [0.25, 0.3) is 0 Å². The highest BCUT2D eigenvalue weighted by molar-refractivity contribution is 6.30. The summed E-state index contributed by atoms with van der Waals surface area (Å²) in [6.07, 6.45) is 3.68. The fourth-order valence-electron chi connectivity index (χ4n) is 5.45. The van der Waals surface area contributed by atoms with Gasteiger partial charge in [0.05, 0.1) is 17.9 Å². The van der Waals surface area contributed by atoms with E-state index in [1.165, 1.54) is 4.90 Å². The van der Waals surface area contributed by atoms with Gasteiger partial charge in [-0.05, 0) is 49.2 Å². The summed E-state index contributed by atoms with van der Waals surface area (Å²) < 4.78 is 0. The number of allylic oxidation sites excluding steroid dienone is 1. The average Bonchev–Trinajstić information content (AvgIpc) is 3.27. The Bertz CT molecular complexity index is 1160. The molecular formula is C26H26ClN3O3. The van der Waals surface area contributed by atoms with Gasteiger partial charge in [0.15, 0.2) is 0 Å². The van der Waals surface area contributed by atoms with Gasteiger partial charge < -0.3 is 10.2 Å². The number of amides is 3. The van der Waals surface area contributed by atoms with Crippen molar-refractivity contribution in [1.82, 2.24) is 4.90 Å². The molecule has 3 aliphatic heterocycles. The van der Waals surface area contributed by atoms with Gasteiger partial charge in [-0.2, -0.15) is 0 Å². The summed E-state index contributed by atoms with van der Waals surface area (Å²) in [5, 5.41) is 3.52. The second kappa shape index (κ2) is 8.34. The molecular weight excluding hydrogens is 438 g/mol. The maximum absolute atomic E-state index is 13.7. The van der Waals surface area contributed by atoms with Crippen LogP contribution in [0.3, 0.4) is 0 Å². The second-order valence-electron chi connectivity index (χ2n) is 8.94. The molecule has 4 atom stereocenters. The SMILES string of the molecule is CCCCN1C(=O)[C@@H]2[C@H](C1=O)[C@H]1C=C(C)c3ccccc3N1[C@H]2C(=O)Nc1ccc(Cl)cc1. The number of nitrogens with one attached hydrogen (secondary N) is 1. The van der Waals surface area contributed by atoms with Crippen LogP contribution in [-0.2, 0) is 14.4 Å². The fourth-order valence-corrected chi connectivity index (χ4v) is 5.57. The molecule has 3 amide bonds. The topological polar surface area (TPSA) is 69.7 Å². The van der Waals surface area contributed by atoms with E-state index in [1.807, 2.05) is 49.1 Å². The maximum Gasteiger partial charge on any atom is 0.247 e. The number of imide groups is 1. The van der Waals surface area contributed by atoms with E-state index in [0.717, 1.165) is 29.7 Å². The second-order valence-corrected chi connectivity index (χ2v) is 9.38. The van der Waals surface area contributed by atoms with Gasteiger partial charge in [-0.15, -0.1) is 0 Å². The van der Waals surface area contributed by atoms with E-state index in [4.69, 9.17) is 11.6 Å². The van der Waals surface area contributed by atoms with Crippen molar-refractivity contribution in [1.29, 1.82) is 0 Å². The lowest BCUT2D eigenvalue weighted by Gasteiger charge is -2.37. The quantitative estimate of drug-likeness (QED) is 0.669. The lowest BCUT2D eigenvalue weighted by Crippen LogP contribution is -2.50. The standard InChI is InChI=1S/C26H26ClN3O3/c1-3-4-13-29-25(32)21-20-14-15(2)18-7-5-6-8-19(18)30(20)23(22(21)26(29)33)24(31)28-17-11-9-16(27)10-12-17/h5-12,14,20-23H,3-4,13H2,1-2H3,(H,28,31)/t20-,21-,22-,23-/m1/s1. The molecule has 3 aliphatic rings. The number of likely N-dealkylation sites (tertiary alicyclic amines) is 1. The van der Waals surface area contributed by atoms with Crippen LogP contribution in [0.25, 0.3) is 5.57 Å². The van der Waals surface area contributed by atoms with Gasteiger partial charge in [0.1, 0.15) is 6.04 Å². The minimum absolute atomic E-state index is 0.168. The highest BCUT2D eigenvalue weighted by Crippen LogP contribution is 2.50. The number of benzene rings is 2. The molecule has 0 unspecified atom stereocenters. The molecule has 0 saturated carbocycles.